The number of anilines is 2. The summed E-state index contributed by atoms with van der Waals surface area (Å²) in [6.45, 7) is 5.15. The maximum absolute atomic E-state index is 14.6. The van der Waals surface area contributed by atoms with Gasteiger partial charge in [-0.2, -0.15) is 0 Å². The molecule has 0 bridgehead atoms. The fraction of sp³-hybridized carbons (Fsp3) is 0.474. The predicted molar refractivity (Wildman–Crippen MR) is 96.1 cm³/mol. The van der Waals surface area contributed by atoms with Crippen LogP contribution in [-0.2, 0) is 9.59 Å². The van der Waals surface area contributed by atoms with E-state index in [2.05, 4.69) is 11.9 Å². The molecule has 6 heteroatoms. The van der Waals surface area contributed by atoms with E-state index in [9.17, 15) is 14.0 Å². The van der Waals surface area contributed by atoms with Crippen molar-refractivity contribution in [3.8, 4) is 0 Å². The van der Waals surface area contributed by atoms with Crippen molar-refractivity contribution in [2.45, 2.75) is 31.7 Å². The van der Waals surface area contributed by atoms with Crippen LogP contribution in [0.4, 0.5) is 15.8 Å². The number of benzene rings is 1. The first kappa shape index (κ1) is 17.5. The molecule has 2 aliphatic heterocycles. The topological polar surface area (TPSA) is 52.7 Å². The summed E-state index contributed by atoms with van der Waals surface area (Å²) in [7, 11) is 1.81. The highest BCUT2D eigenvalue weighted by Gasteiger charge is 2.28. The second-order valence-electron chi connectivity index (χ2n) is 6.85. The summed E-state index contributed by atoms with van der Waals surface area (Å²) in [5.74, 6) is -0.307. The van der Waals surface area contributed by atoms with Crippen molar-refractivity contribution in [2.24, 2.45) is 5.92 Å². The first-order valence-corrected chi connectivity index (χ1v) is 8.71. The molecule has 1 atom stereocenters. The molecule has 2 saturated heterocycles. The largest absolute Gasteiger partial charge is 0.369 e. The van der Waals surface area contributed by atoms with Gasteiger partial charge in [0.05, 0.1) is 5.69 Å². The highest BCUT2D eigenvalue weighted by atomic mass is 19.1. The molecule has 25 heavy (non-hydrogen) atoms. The van der Waals surface area contributed by atoms with Crippen LogP contribution in [-0.4, -0.2) is 38.4 Å². The SMILES string of the molecule is C=C1CCC(N(C)c2ccc(N3CCC(C=O)CC3)c(F)c2)C(=O)N1. The van der Waals surface area contributed by atoms with Gasteiger partial charge in [0.15, 0.2) is 0 Å². The lowest BCUT2D eigenvalue weighted by Crippen LogP contribution is -2.48. The minimum atomic E-state index is -0.320. The van der Waals surface area contributed by atoms with Crippen molar-refractivity contribution in [1.82, 2.24) is 5.32 Å². The minimum Gasteiger partial charge on any atom is -0.369 e. The molecule has 2 fully saturated rings. The number of nitrogens with zero attached hydrogens (tertiary/aromatic N) is 2. The molecule has 5 nitrogen and oxygen atoms in total. The van der Waals surface area contributed by atoms with Crippen LogP contribution in [0.15, 0.2) is 30.5 Å². The standard InChI is InChI=1S/C19H24FN3O2/c1-13-3-5-18(19(25)21-13)22(2)15-4-6-17(16(20)11-15)23-9-7-14(12-24)8-10-23/h4,6,11-12,14,18H,1,3,5,7-10H2,2H3,(H,21,25). The number of hydrogen-bond acceptors (Lipinski definition) is 4. The van der Waals surface area contributed by atoms with Gasteiger partial charge in [0.1, 0.15) is 18.1 Å². The van der Waals surface area contributed by atoms with E-state index in [1.807, 2.05) is 22.9 Å². The second kappa shape index (κ2) is 7.25. The molecule has 2 heterocycles. The van der Waals surface area contributed by atoms with Gasteiger partial charge in [-0.15, -0.1) is 0 Å². The molecule has 3 rings (SSSR count). The summed E-state index contributed by atoms with van der Waals surface area (Å²) < 4.78 is 14.6. The molecule has 2 aliphatic rings. The normalized spacial score (nSPS) is 21.8. The molecule has 1 unspecified atom stereocenters. The summed E-state index contributed by atoms with van der Waals surface area (Å²) in [4.78, 5) is 26.8. The molecular weight excluding hydrogens is 321 g/mol. The summed E-state index contributed by atoms with van der Waals surface area (Å²) in [5, 5.41) is 2.76. The van der Waals surface area contributed by atoms with E-state index < -0.39 is 0 Å². The van der Waals surface area contributed by atoms with Gasteiger partial charge in [-0.1, -0.05) is 6.58 Å². The molecule has 0 saturated carbocycles. The Labute approximate surface area is 147 Å². The van der Waals surface area contributed by atoms with Crippen LogP contribution in [0.2, 0.25) is 0 Å². The Morgan fingerprint density at radius 3 is 2.64 bits per heavy atom. The van der Waals surface area contributed by atoms with Crippen molar-refractivity contribution < 1.29 is 14.0 Å². The second-order valence-corrected chi connectivity index (χ2v) is 6.85. The zero-order chi connectivity index (χ0) is 18.0. The van der Waals surface area contributed by atoms with Gasteiger partial charge in [0.2, 0.25) is 5.91 Å². The van der Waals surface area contributed by atoms with Crippen LogP contribution in [0.1, 0.15) is 25.7 Å². The number of rotatable bonds is 4. The first-order valence-electron chi connectivity index (χ1n) is 8.71. The monoisotopic (exact) mass is 345 g/mol. The third kappa shape index (κ3) is 3.67. The Morgan fingerprint density at radius 2 is 2.04 bits per heavy atom. The number of carbonyl (C=O) groups excluding carboxylic acids is 2. The predicted octanol–water partition coefficient (Wildman–Crippen LogP) is 2.47. The summed E-state index contributed by atoms with van der Waals surface area (Å²) >= 11 is 0. The van der Waals surface area contributed by atoms with Gasteiger partial charge in [0, 0.05) is 37.4 Å². The zero-order valence-corrected chi connectivity index (χ0v) is 14.5. The zero-order valence-electron chi connectivity index (χ0n) is 14.5. The number of hydrogen-bond donors (Lipinski definition) is 1. The average Bonchev–Trinajstić information content (AvgIpc) is 2.61. The number of halogens is 1. The van der Waals surface area contributed by atoms with Crippen molar-refractivity contribution in [3.63, 3.8) is 0 Å². The maximum Gasteiger partial charge on any atom is 0.246 e. The quantitative estimate of drug-likeness (QED) is 0.852. The molecule has 1 aromatic carbocycles. The number of allylic oxidation sites excluding steroid dienone is 1. The number of aldehydes is 1. The number of likely N-dealkylation sites (N-methyl/N-ethyl adjacent to an activating group) is 1. The Balaban J connectivity index is 1.72. The lowest BCUT2D eigenvalue weighted by molar-refractivity contribution is -0.122. The number of nitrogens with one attached hydrogen (secondary N) is 1. The summed E-state index contributed by atoms with van der Waals surface area (Å²) in [5.41, 5.74) is 1.97. The highest BCUT2D eigenvalue weighted by molar-refractivity contribution is 5.87. The number of amides is 1. The van der Waals surface area contributed by atoms with Crippen molar-refractivity contribution in [2.75, 3.05) is 29.9 Å². The fourth-order valence-electron chi connectivity index (χ4n) is 3.56. The van der Waals surface area contributed by atoms with Crippen LogP contribution >= 0.6 is 0 Å². The van der Waals surface area contributed by atoms with Crippen LogP contribution in [0.5, 0.6) is 0 Å². The molecular formula is C19H24FN3O2. The van der Waals surface area contributed by atoms with Crippen molar-refractivity contribution >= 4 is 23.6 Å². The van der Waals surface area contributed by atoms with Crippen molar-refractivity contribution in [1.29, 1.82) is 0 Å². The molecule has 1 N–H and O–H groups in total. The average molecular weight is 345 g/mol. The lowest BCUT2D eigenvalue weighted by atomic mass is 9.98. The Bertz CT molecular complexity index is 683. The lowest BCUT2D eigenvalue weighted by Gasteiger charge is -2.34. The molecule has 0 aliphatic carbocycles. The summed E-state index contributed by atoms with van der Waals surface area (Å²) in [6.07, 6.45) is 3.92. The van der Waals surface area contributed by atoms with Gasteiger partial charge in [-0.25, -0.2) is 4.39 Å². The van der Waals surface area contributed by atoms with Crippen LogP contribution in [0.3, 0.4) is 0 Å². The smallest absolute Gasteiger partial charge is 0.246 e. The fourth-order valence-corrected chi connectivity index (χ4v) is 3.56. The minimum absolute atomic E-state index is 0.0873. The Morgan fingerprint density at radius 1 is 1.32 bits per heavy atom. The van der Waals surface area contributed by atoms with E-state index in [0.717, 1.165) is 31.2 Å². The van der Waals surface area contributed by atoms with Crippen molar-refractivity contribution in [3.05, 3.63) is 36.3 Å². The summed E-state index contributed by atoms with van der Waals surface area (Å²) in [6, 6.07) is 4.78. The number of carbonyl (C=O) groups is 2. The van der Waals surface area contributed by atoms with E-state index in [-0.39, 0.29) is 23.7 Å². The Kier molecular flexibility index (Phi) is 5.06. The van der Waals surface area contributed by atoms with Gasteiger partial charge < -0.3 is 19.9 Å². The van der Waals surface area contributed by atoms with Crippen LogP contribution in [0.25, 0.3) is 0 Å². The van der Waals surface area contributed by atoms with Gasteiger partial charge in [-0.3, -0.25) is 4.79 Å². The van der Waals surface area contributed by atoms with E-state index in [0.29, 0.717) is 30.9 Å². The van der Waals surface area contributed by atoms with E-state index in [1.54, 1.807) is 6.07 Å². The molecule has 0 aromatic heterocycles. The molecule has 1 aromatic rings. The van der Waals surface area contributed by atoms with Crippen LogP contribution < -0.4 is 15.1 Å². The van der Waals surface area contributed by atoms with Crippen LogP contribution in [0, 0.1) is 11.7 Å². The first-order chi connectivity index (χ1) is 12.0. The third-order valence-electron chi connectivity index (χ3n) is 5.20. The van der Waals surface area contributed by atoms with E-state index in [4.69, 9.17) is 0 Å². The molecule has 0 spiro atoms. The van der Waals surface area contributed by atoms with E-state index in [1.165, 1.54) is 6.07 Å². The number of piperidine rings is 2. The van der Waals surface area contributed by atoms with E-state index >= 15 is 0 Å². The highest BCUT2D eigenvalue weighted by Crippen LogP contribution is 2.29. The Hall–Kier alpha value is -2.37. The molecule has 134 valence electrons. The van der Waals surface area contributed by atoms with Gasteiger partial charge >= 0.3 is 0 Å². The van der Waals surface area contributed by atoms with Gasteiger partial charge in [0.25, 0.3) is 0 Å². The molecule has 0 radical (unpaired) electrons. The maximum atomic E-state index is 14.6. The third-order valence-corrected chi connectivity index (χ3v) is 5.20. The molecule has 1 amide bonds. The van der Waals surface area contributed by atoms with Gasteiger partial charge in [-0.05, 0) is 43.9 Å².